The summed E-state index contributed by atoms with van der Waals surface area (Å²) in [6.07, 6.45) is 0. The van der Waals surface area contributed by atoms with E-state index in [4.69, 9.17) is 5.11 Å². The first-order chi connectivity index (χ1) is 4.75. The third-order valence-electron chi connectivity index (χ3n) is 1.25. The summed E-state index contributed by atoms with van der Waals surface area (Å²) in [6, 6.07) is 5.61. The molecule has 0 saturated heterocycles. The van der Waals surface area contributed by atoms with Crippen molar-refractivity contribution < 1.29 is 5.11 Å². The van der Waals surface area contributed by atoms with Gasteiger partial charge in [-0.1, -0.05) is 22.0 Å². The number of aliphatic hydroxyl groups excluding tert-OH is 1. The monoisotopic (exact) mass is 218 g/mol. The van der Waals surface area contributed by atoms with E-state index in [0.29, 0.717) is 0 Å². The third-order valence-corrected chi connectivity index (χ3v) is 2.41. The van der Waals surface area contributed by atoms with Crippen LogP contribution in [0.4, 0.5) is 0 Å². The molecule has 0 aromatic heterocycles. The van der Waals surface area contributed by atoms with Gasteiger partial charge in [0.15, 0.2) is 0 Å². The van der Waals surface area contributed by atoms with Gasteiger partial charge in [0.2, 0.25) is 0 Å². The summed E-state index contributed by atoms with van der Waals surface area (Å²) in [6.45, 7) is 0.0280. The molecule has 0 atom stereocenters. The minimum atomic E-state index is 0.0280. The summed E-state index contributed by atoms with van der Waals surface area (Å²) in [5, 5.41) is 8.82. The number of hydrogen-bond acceptors (Lipinski definition) is 2. The van der Waals surface area contributed by atoms with Crippen LogP contribution in [0.5, 0.6) is 0 Å². The highest BCUT2D eigenvalue weighted by Gasteiger charge is 1.99. The Kier molecular flexibility index (Phi) is 2.77. The van der Waals surface area contributed by atoms with Crippen LogP contribution in [0.15, 0.2) is 27.6 Å². The number of thiol groups is 1. The molecular formula is C7H7BrOS. The molecule has 0 radical (unpaired) electrons. The summed E-state index contributed by atoms with van der Waals surface area (Å²) in [5.74, 6) is 0. The van der Waals surface area contributed by atoms with Crippen molar-refractivity contribution >= 4 is 28.6 Å². The van der Waals surface area contributed by atoms with Crippen LogP contribution >= 0.6 is 28.6 Å². The molecule has 0 bridgehead atoms. The summed E-state index contributed by atoms with van der Waals surface area (Å²) in [5.41, 5.74) is 0.839. The topological polar surface area (TPSA) is 20.2 Å². The van der Waals surface area contributed by atoms with Crippen LogP contribution in [-0.2, 0) is 6.61 Å². The van der Waals surface area contributed by atoms with E-state index in [1.165, 1.54) is 0 Å². The van der Waals surface area contributed by atoms with Gasteiger partial charge in [0, 0.05) is 14.9 Å². The van der Waals surface area contributed by atoms with Crippen molar-refractivity contribution in [1.82, 2.24) is 0 Å². The first-order valence-corrected chi connectivity index (χ1v) is 4.07. The van der Waals surface area contributed by atoms with Gasteiger partial charge in [-0.05, 0) is 12.1 Å². The maximum atomic E-state index is 8.82. The highest BCUT2D eigenvalue weighted by Crippen LogP contribution is 2.22. The number of aliphatic hydroxyl groups is 1. The van der Waals surface area contributed by atoms with Gasteiger partial charge in [-0.15, -0.1) is 12.6 Å². The Morgan fingerprint density at radius 2 is 2.20 bits per heavy atom. The molecule has 0 unspecified atom stereocenters. The molecule has 54 valence electrons. The molecule has 0 fully saturated rings. The second-order valence-electron chi connectivity index (χ2n) is 1.90. The number of halogens is 1. The van der Waals surface area contributed by atoms with E-state index in [0.717, 1.165) is 14.9 Å². The van der Waals surface area contributed by atoms with Crippen LogP contribution in [0, 0.1) is 0 Å². The molecule has 1 rings (SSSR count). The first kappa shape index (κ1) is 8.11. The lowest BCUT2D eigenvalue weighted by Gasteiger charge is -2.01. The van der Waals surface area contributed by atoms with E-state index in [1.54, 1.807) is 0 Å². The van der Waals surface area contributed by atoms with E-state index in [2.05, 4.69) is 28.6 Å². The lowest BCUT2D eigenvalue weighted by molar-refractivity contribution is 0.278. The Balaban J connectivity index is 3.17. The van der Waals surface area contributed by atoms with E-state index in [-0.39, 0.29) is 6.61 Å². The molecular weight excluding hydrogens is 212 g/mol. The zero-order valence-electron chi connectivity index (χ0n) is 5.21. The normalized spacial score (nSPS) is 9.90. The smallest absolute Gasteiger partial charge is 0.0703 e. The SMILES string of the molecule is OCc1c(S)cccc1Br. The second-order valence-corrected chi connectivity index (χ2v) is 3.23. The molecule has 1 aromatic rings. The van der Waals surface area contributed by atoms with Crippen molar-refractivity contribution in [2.45, 2.75) is 11.5 Å². The summed E-state index contributed by atoms with van der Waals surface area (Å²) >= 11 is 7.46. The van der Waals surface area contributed by atoms with Gasteiger partial charge in [0.1, 0.15) is 0 Å². The lowest BCUT2D eigenvalue weighted by Crippen LogP contribution is -1.86. The van der Waals surface area contributed by atoms with Crippen LogP contribution in [0.3, 0.4) is 0 Å². The van der Waals surface area contributed by atoms with E-state index >= 15 is 0 Å². The molecule has 0 heterocycles. The van der Waals surface area contributed by atoms with Crippen molar-refractivity contribution in [3.05, 3.63) is 28.2 Å². The van der Waals surface area contributed by atoms with Crippen LogP contribution in [0.25, 0.3) is 0 Å². The maximum absolute atomic E-state index is 8.82. The molecule has 0 aliphatic rings. The Morgan fingerprint density at radius 1 is 1.50 bits per heavy atom. The van der Waals surface area contributed by atoms with E-state index in [1.807, 2.05) is 18.2 Å². The summed E-state index contributed by atoms with van der Waals surface area (Å²) < 4.78 is 0.905. The molecule has 0 amide bonds. The minimum Gasteiger partial charge on any atom is -0.392 e. The van der Waals surface area contributed by atoms with Gasteiger partial charge in [-0.25, -0.2) is 0 Å². The molecule has 1 nitrogen and oxygen atoms in total. The second kappa shape index (κ2) is 3.42. The molecule has 0 saturated carbocycles. The summed E-state index contributed by atoms with van der Waals surface area (Å²) in [7, 11) is 0. The zero-order valence-corrected chi connectivity index (χ0v) is 7.69. The van der Waals surface area contributed by atoms with Crippen molar-refractivity contribution in [3.8, 4) is 0 Å². The van der Waals surface area contributed by atoms with Crippen LogP contribution in [0.1, 0.15) is 5.56 Å². The maximum Gasteiger partial charge on any atom is 0.0703 e. The highest BCUT2D eigenvalue weighted by atomic mass is 79.9. The van der Waals surface area contributed by atoms with Crippen LogP contribution < -0.4 is 0 Å². The molecule has 1 N–H and O–H groups in total. The van der Waals surface area contributed by atoms with Crippen molar-refractivity contribution in [2.24, 2.45) is 0 Å². The molecule has 0 aliphatic heterocycles. The van der Waals surface area contributed by atoms with Gasteiger partial charge in [0.25, 0.3) is 0 Å². The van der Waals surface area contributed by atoms with E-state index in [9.17, 15) is 0 Å². The minimum absolute atomic E-state index is 0.0280. The summed E-state index contributed by atoms with van der Waals surface area (Å²) in [4.78, 5) is 0.817. The Bertz CT molecular complexity index is 217. The van der Waals surface area contributed by atoms with Crippen LogP contribution in [0.2, 0.25) is 0 Å². The van der Waals surface area contributed by atoms with Crippen molar-refractivity contribution in [2.75, 3.05) is 0 Å². The number of hydrogen-bond donors (Lipinski definition) is 2. The molecule has 0 spiro atoms. The predicted molar refractivity (Wildman–Crippen MR) is 47.3 cm³/mol. The lowest BCUT2D eigenvalue weighted by atomic mass is 10.2. The van der Waals surface area contributed by atoms with Gasteiger partial charge in [-0.2, -0.15) is 0 Å². The number of rotatable bonds is 1. The predicted octanol–water partition coefficient (Wildman–Crippen LogP) is 2.23. The fraction of sp³-hybridized carbons (Fsp3) is 0.143. The average molecular weight is 219 g/mol. The zero-order chi connectivity index (χ0) is 7.56. The first-order valence-electron chi connectivity index (χ1n) is 2.83. The molecule has 10 heavy (non-hydrogen) atoms. The Morgan fingerprint density at radius 3 is 2.60 bits per heavy atom. The average Bonchev–Trinajstić information content (AvgIpc) is 1.88. The Labute approximate surface area is 73.6 Å². The van der Waals surface area contributed by atoms with Crippen LogP contribution in [-0.4, -0.2) is 5.11 Å². The van der Waals surface area contributed by atoms with Crippen molar-refractivity contribution in [1.29, 1.82) is 0 Å². The van der Waals surface area contributed by atoms with Gasteiger partial charge in [0.05, 0.1) is 6.61 Å². The largest absolute Gasteiger partial charge is 0.392 e. The Hall–Kier alpha value is 0.01000. The third kappa shape index (κ3) is 1.54. The van der Waals surface area contributed by atoms with Gasteiger partial charge in [-0.3, -0.25) is 0 Å². The van der Waals surface area contributed by atoms with Gasteiger partial charge < -0.3 is 5.11 Å². The fourth-order valence-electron chi connectivity index (χ4n) is 0.704. The number of benzene rings is 1. The van der Waals surface area contributed by atoms with Crippen molar-refractivity contribution in [3.63, 3.8) is 0 Å². The molecule has 1 aromatic carbocycles. The molecule has 0 aliphatic carbocycles. The fourth-order valence-corrected chi connectivity index (χ4v) is 1.63. The van der Waals surface area contributed by atoms with E-state index < -0.39 is 0 Å². The quantitative estimate of drug-likeness (QED) is 0.694. The standard InChI is InChI=1S/C7H7BrOS/c8-6-2-1-3-7(10)5(6)4-9/h1-3,9-10H,4H2. The molecule has 3 heteroatoms. The highest BCUT2D eigenvalue weighted by molar-refractivity contribution is 9.10. The van der Waals surface area contributed by atoms with Gasteiger partial charge >= 0.3 is 0 Å².